The first-order valence-corrected chi connectivity index (χ1v) is 10.3. The van der Waals surface area contributed by atoms with Gasteiger partial charge in [-0.3, -0.25) is 0 Å². The van der Waals surface area contributed by atoms with Gasteiger partial charge in [0.05, 0.1) is 37.4 Å². The van der Waals surface area contributed by atoms with Gasteiger partial charge in [0.25, 0.3) is 0 Å². The second-order valence-corrected chi connectivity index (χ2v) is 7.25. The van der Waals surface area contributed by atoms with Gasteiger partial charge in [0.2, 0.25) is 11.8 Å². The number of rotatable bonds is 7. The molecule has 0 saturated heterocycles. The average Bonchev–Trinajstić information content (AvgIpc) is 2.92. The number of methoxy groups -OCH3 is 2. The van der Waals surface area contributed by atoms with Crippen LogP contribution in [-0.4, -0.2) is 30.4 Å². The van der Waals surface area contributed by atoms with Crippen LogP contribution in [0.1, 0.15) is 5.56 Å². The molecular weight excluding hydrogens is 483 g/mol. The zero-order valence-electron chi connectivity index (χ0n) is 18.8. The van der Waals surface area contributed by atoms with Crippen LogP contribution in [0.3, 0.4) is 0 Å². The average molecular weight is 500 g/mol. The monoisotopic (exact) mass is 500 g/mol. The highest BCUT2D eigenvalue weighted by Gasteiger charge is 2.24. The van der Waals surface area contributed by atoms with Crippen LogP contribution < -0.4 is 14.9 Å². The summed E-state index contributed by atoms with van der Waals surface area (Å²) in [5.74, 6) is -9.57. The molecule has 0 bridgehead atoms. The Morgan fingerprint density at radius 3 is 1.89 bits per heavy atom. The third-order valence-corrected chi connectivity index (χ3v) is 5.08. The number of halogens is 5. The Bertz CT molecular complexity index is 1420. The Kier molecular flexibility index (Phi) is 7.09. The van der Waals surface area contributed by atoms with Crippen molar-refractivity contribution in [3.63, 3.8) is 0 Å². The summed E-state index contributed by atoms with van der Waals surface area (Å²) in [5.41, 5.74) is 3.44. The summed E-state index contributed by atoms with van der Waals surface area (Å²) in [5, 5.41) is 3.60. The Hall–Kier alpha value is -4.54. The van der Waals surface area contributed by atoms with E-state index in [1.807, 2.05) is 30.3 Å². The minimum absolute atomic E-state index is 0.0961. The van der Waals surface area contributed by atoms with Crippen molar-refractivity contribution in [2.24, 2.45) is 5.10 Å². The van der Waals surface area contributed by atoms with Crippen LogP contribution in [-0.2, 0) is 0 Å². The van der Waals surface area contributed by atoms with Gasteiger partial charge < -0.3 is 9.47 Å². The van der Waals surface area contributed by atoms with Crippen LogP contribution in [0.5, 0.6) is 11.5 Å². The SMILES string of the molecule is COc1ccc(-c2cc(-c3ccccc3)nc(N/N=C/c3c(F)c(F)c(F)c(F)c3F)n2)cc1OC. The largest absolute Gasteiger partial charge is 0.493 e. The highest BCUT2D eigenvalue weighted by molar-refractivity contribution is 5.81. The maximum Gasteiger partial charge on any atom is 0.244 e. The number of benzene rings is 3. The van der Waals surface area contributed by atoms with Gasteiger partial charge >= 0.3 is 0 Å². The van der Waals surface area contributed by atoms with Crippen molar-refractivity contribution in [2.75, 3.05) is 19.6 Å². The molecule has 0 aliphatic rings. The van der Waals surface area contributed by atoms with E-state index in [0.717, 1.165) is 5.56 Å². The van der Waals surface area contributed by atoms with E-state index >= 15 is 0 Å². The van der Waals surface area contributed by atoms with E-state index in [1.54, 1.807) is 24.3 Å². The van der Waals surface area contributed by atoms with Crippen molar-refractivity contribution < 1.29 is 31.4 Å². The fourth-order valence-corrected chi connectivity index (χ4v) is 3.29. The lowest BCUT2D eigenvalue weighted by Crippen LogP contribution is -2.07. The van der Waals surface area contributed by atoms with E-state index in [9.17, 15) is 22.0 Å². The van der Waals surface area contributed by atoms with Crippen LogP contribution in [0.15, 0.2) is 59.7 Å². The van der Waals surface area contributed by atoms with E-state index in [4.69, 9.17) is 9.47 Å². The molecule has 6 nitrogen and oxygen atoms in total. The maximum absolute atomic E-state index is 13.9. The summed E-state index contributed by atoms with van der Waals surface area (Å²) >= 11 is 0. The second kappa shape index (κ2) is 10.4. The zero-order valence-corrected chi connectivity index (χ0v) is 18.8. The molecule has 4 aromatic rings. The first-order valence-electron chi connectivity index (χ1n) is 10.3. The Morgan fingerprint density at radius 2 is 1.28 bits per heavy atom. The van der Waals surface area contributed by atoms with Crippen LogP contribution >= 0.6 is 0 Å². The fraction of sp³-hybridized carbons (Fsp3) is 0.0800. The molecule has 0 saturated carbocycles. The van der Waals surface area contributed by atoms with Crippen LogP contribution in [0.2, 0.25) is 0 Å². The fourth-order valence-electron chi connectivity index (χ4n) is 3.29. The number of hydrogen-bond donors (Lipinski definition) is 1. The predicted octanol–water partition coefficient (Wildman–Crippen LogP) is 5.97. The number of hydrazone groups is 1. The first-order chi connectivity index (χ1) is 17.3. The van der Waals surface area contributed by atoms with Gasteiger partial charge in [-0.1, -0.05) is 30.3 Å². The molecule has 1 N–H and O–H groups in total. The second-order valence-electron chi connectivity index (χ2n) is 7.25. The smallest absolute Gasteiger partial charge is 0.244 e. The highest BCUT2D eigenvalue weighted by atomic mass is 19.2. The number of nitrogens with zero attached hydrogens (tertiary/aromatic N) is 3. The summed E-state index contributed by atoms with van der Waals surface area (Å²) in [6.45, 7) is 0. The molecule has 0 amide bonds. The van der Waals surface area contributed by atoms with Crippen molar-refractivity contribution in [1.29, 1.82) is 0 Å². The minimum Gasteiger partial charge on any atom is -0.493 e. The topological polar surface area (TPSA) is 68.6 Å². The maximum atomic E-state index is 13.9. The first kappa shape index (κ1) is 24.6. The lowest BCUT2D eigenvalue weighted by molar-refractivity contribution is 0.355. The molecule has 1 heterocycles. The number of anilines is 1. The normalized spacial score (nSPS) is 11.1. The molecule has 0 spiro atoms. The molecule has 0 aliphatic carbocycles. The van der Waals surface area contributed by atoms with Crippen LogP contribution in [0.4, 0.5) is 27.9 Å². The molecule has 3 aromatic carbocycles. The molecule has 36 heavy (non-hydrogen) atoms. The van der Waals surface area contributed by atoms with Crippen molar-refractivity contribution in [3.05, 3.63) is 89.2 Å². The Morgan fingerprint density at radius 1 is 0.694 bits per heavy atom. The molecule has 0 radical (unpaired) electrons. The van der Waals surface area contributed by atoms with Gasteiger partial charge in [-0.25, -0.2) is 37.3 Å². The van der Waals surface area contributed by atoms with Gasteiger partial charge in [0.15, 0.2) is 34.8 Å². The third-order valence-electron chi connectivity index (χ3n) is 5.08. The summed E-state index contributed by atoms with van der Waals surface area (Å²) in [4.78, 5) is 8.70. The van der Waals surface area contributed by atoms with Gasteiger partial charge in [-0.2, -0.15) is 5.10 Å². The summed E-state index contributed by atoms with van der Waals surface area (Å²) in [6.07, 6.45) is 0.463. The Balaban J connectivity index is 1.75. The number of hydrogen-bond acceptors (Lipinski definition) is 6. The number of aromatic nitrogens is 2. The van der Waals surface area contributed by atoms with Gasteiger partial charge in [0.1, 0.15) is 0 Å². The van der Waals surface area contributed by atoms with E-state index in [1.165, 1.54) is 14.2 Å². The van der Waals surface area contributed by atoms with Crippen LogP contribution in [0.25, 0.3) is 22.5 Å². The van der Waals surface area contributed by atoms with Crippen LogP contribution in [0, 0.1) is 29.1 Å². The molecular formula is C25H17F5N4O2. The highest BCUT2D eigenvalue weighted by Crippen LogP contribution is 2.33. The molecule has 0 atom stereocenters. The third kappa shape index (κ3) is 4.81. The summed E-state index contributed by atoms with van der Waals surface area (Å²) in [7, 11) is 2.98. The molecule has 1 aromatic heterocycles. The van der Waals surface area contributed by atoms with E-state index in [-0.39, 0.29) is 5.95 Å². The molecule has 184 valence electrons. The van der Waals surface area contributed by atoms with Gasteiger partial charge in [0, 0.05) is 11.1 Å². The summed E-state index contributed by atoms with van der Waals surface area (Å²) in [6, 6.07) is 15.9. The van der Waals surface area contributed by atoms with Crippen molar-refractivity contribution in [1.82, 2.24) is 9.97 Å². The molecule has 0 unspecified atom stereocenters. The summed E-state index contributed by atoms with van der Waals surface area (Å²) < 4.78 is 78.7. The van der Waals surface area contributed by atoms with E-state index in [2.05, 4.69) is 20.5 Å². The van der Waals surface area contributed by atoms with Crippen molar-refractivity contribution in [3.8, 4) is 34.0 Å². The van der Waals surface area contributed by atoms with E-state index in [0.29, 0.717) is 34.7 Å². The standard InChI is InChI=1S/C25H17F5N4O2/c1-35-18-9-8-14(10-19(18)36-2)17-11-16(13-6-4-3-5-7-13)32-25(33-17)34-31-12-15-20(26)22(28)24(30)23(29)21(15)27/h3-12H,1-2H3,(H,32,33,34)/b31-12+. The predicted molar refractivity (Wildman–Crippen MR) is 123 cm³/mol. The number of nitrogens with one attached hydrogen (secondary N) is 1. The molecule has 0 fully saturated rings. The lowest BCUT2D eigenvalue weighted by atomic mass is 10.1. The molecule has 0 aliphatic heterocycles. The van der Waals surface area contributed by atoms with Gasteiger partial charge in [-0.15, -0.1) is 0 Å². The van der Waals surface area contributed by atoms with Crippen molar-refractivity contribution in [2.45, 2.75) is 0 Å². The van der Waals surface area contributed by atoms with E-state index < -0.39 is 34.6 Å². The lowest BCUT2D eigenvalue weighted by Gasteiger charge is -2.11. The molecule has 4 rings (SSSR count). The van der Waals surface area contributed by atoms with Gasteiger partial charge in [-0.05, 0) is 24.3 Å². The Labute approximate surface area is 202 Å². The minimum atomic E-state index is -2.26. The molecule has 11 heteroatoms. The van der Waals surface area contributed by atoms with Crippen molar-refractivity contribution >= 4 is 12.2 Å². The zero-order chi connectivity index (χ0) is 25.8. The number of ether oxygens (including phenoxy) is 2. The quantitative estimate of drug-likeness (QED) is 0.111.